The van der Waals surface area contributed by atoms with E-state index in [-0.39, 0.29) is 29.7 Å². The van der Waals surface area contributed by atoms with Crippen LogP contribution in [-0.4, -0.2) is 57.8 Å². The van der Waals surface area contributed by atoms with Crippen molar-refractivity contribution in [1.82, 2.24) is 14.8 Å². The predicted octanol–water partition coefficient (Wildman–Crippen LogP) is 8.08. The number of aryl methyl sites for hydroxylation is 1. The molecule has 0 amide bonds. The van der Waals surface area contributed by atoms with Gasteiger partial charge in [-0.2, -0.15) is 5.10 Å². The molecule has 9 atom stereocenters. The topological polar surface area (TPSA) is 110 Å². The lowest BCUT2D eigenvalue weighted by Crippen LogP contribution is -2.54. The van der Waals surface area contributed by atoms with E-state index in [4.69, 9.17) is 9.73 Å². The predicted molar refractivity (Wildman–Crippen MR) is 203 cm³/mol. The second-order valence-corrected chi connectivity index (χ2v) is 17.5. The number of hydrogen-bond acceptors (Lipinski definition) is 8. The highest BCUT2D eigenvalue weighted by molar-refractivity contribution is 6.21. The summed E-state index contributed by atoms with van der Waals surface area (Å²) in [5, 5.41) is 11.5. The summed E-state index contributed by atoms with van der Waals surface area (Å²) in [6.45, 7) is 6.73. The first-order valence-corrected chi connectivity index (χ1v) is 20.1. The van der Waals surface area contributed by atoms with Crippen LogP contribution in [-0.2, 0) is 16.6 Å². The van der Waals surface area contributed by atoms with Crippen molar-refractivity contribution in [2.75, 3.05) is 30.3 Å². The van der Waals surface area contributed by atoms with Gasteiger partial charge in [0.1, 0.15) is 30.3 Å². The fraction of sp³-hybridized carbons (Fsp3) is 0.605. The molecule has 3 heterocycles. The molecule has 280 valence electrons. The summed E-state index contributed by atoms with van der Waals surface area (Å²) in [5.74, 6) is 3.27. The number of hydrogen-bond donors (Lipinski definition) is 2. The summed E-state index contributed by atoms with van der Waals surface area (Å²) in [5.41, 5.74) is 5.06. The number of Topliss-reactive ketones (excluding diaryl/α,β-unsaturated/α-hetero) is 2. The van der Waals surface area contributed by atoms with Crippen molar-refractivity contribution in [1.29, 1.82) is 0 Å². The Morgan fingerprint density at radius 2 is 1.83 bits per heavy atom. The molecule has 53 heavy (non-hydrogen) atoms. The van der Waals surface area contributed by atoms with E-state index in [0.717, 1.165) is 85.8 Å². The average molecular weight is 721 g/mol. The number of ketones is 2. The Morgan fingerprint density at radius 1 is 1.00 bits per heavy atom. The second-order valence-electron chi connectivity index (χ2n) is 17.5. The van der Waals surface area contributed by atoms with Gasteiger partial charge in [0.2, 0.25) is 0 Å². The summed E-state index contributed by atoms with van der Waals surface area (Å²) >= 11 is 0. The molecule has 0 radical (unpaired) electrons. The number of rotatable bonds is 9. The molecule has 1 aromatic heterocycles. The van der Waals surface area contributed by atoms with Gasteiger partial charge in [-0.3, -0.25) is 19.3 Å². The van der Waals surface area contributed by atoms with E-state index in [2.05, 4.69) is 58.8 Å². The molecule has 2 N–H and O–H groups in total. The van der Waals surface area contributed by atoms with Gasteiger partial charge in [0.25, 0.3) is 0 Å². The van der Waals surface area contributed by atoms with Crippen LogP contribution in [0.15, 0.2) is 47.7 Å². The van der Waals surface area contributed by atoms with Crippen LogP contribution in [0.2, 0.25) is 0 Å². The van der Waals surface area contributed by atoms with Gasteiger partial charge in [-0.05, 0) is 122 Å². The number of unbranched alkanes of at least 4 members (excludes halogenated alkanes) is 1. The highest BCUT2D eigenvalue weighted by atomic mass is 19.1. The second kappa shape index (κ2) is 13.4. The minimum Gasteiger partial charge on any atom is -0.385 e. The SMILES string of the molecule is Cn1ncnc1C1C2=NCC(=O)c3cc(F)cc(c32)N[C@@H]1c1ccc(NCCCCO[C@H]2CC[C@H]3[C@@H]4CC[C@H]5CC(=O)CC[C@]5(C)[C@H]4CC[C@]23C)cc1. The van der Waals surface area contributed by atoms with Crippen molar-refractivity contribution in [3.05, 3.63) is 71.1 Å². The molecule has 0 saturated heterocycles. The molecule has 4 aliphatic carbocycles. The third-order valence-electron chi connectivity index (χ3n) is 14.9. The summed E-state index contributed by atoms with van der Waals surface area (Å²) in [6, 6.07) is 10.9. The zero-order valence-electron chi connectivity index (χ0n) is 31.4. The molecule has 4 fully saturated rings. The van der Waals surface area contributed by atoms with E-state index in [1.807, 2.05) is 7.05 Å². The molecule has 2 aliphatic heterocycles. The number of fused-ring (bicyclic) bond motifs is 5. The number of halogens is 1. The van der Waals surface area contributed by atoms with Crippen LogP contribution in [0.4, 0.5) is 15.8 Å². The van der Waals surface area contributed by atoms with Crippen molar-refractivity contribution in [3.63, 3.8) is 0 Å². The molecule has 9 nitrogen and oxygen atoms in total. The van der Waals surface area contributed by atoms with E-state index >= 15 is 0 Å². The first-order valence-electron chi connectivity index (χ1n) is 20.1. The Labute approximate surface area is 312 Å². The summed E-state index contributed by atoms with van der Waals surface area (Å²) in [6.07, 6.45) is 14.3. The summed E-state index contributed by atoms with van der Waals surface area (Å²) in [4.78, 5) is 34.3. The Bertz CT molecular complexity index is 1940. The lowest BCUT2D eigenvalue weighted by molar-refractivity contribution is -0.145. The number of anilines is 2. The normalized spacial score (nSPS) is 34.3. The van der Waals surface area contributed by atoms with Crippen LogP contribution < -0.4 is 10.6 Å². The summed E-state index contributed by atoms with van der Waals surface area (Å²) < 4.78 is 23.1. The van der Waals surface area contributed by atoms with Gasteiger partial charge in [0.15, 0.2) is 5.78 Å². The Hall–Kier alpha value is -3.92. The zero-order valence-corrected chi connectivity index (χ0v) is 31.4. The first-order chi connectivity index (χ1) is 25.6. The molecule has 2 aromatic carbocycles. The standard InChI is InChI=1S/C43H53FN6O3/c1-42-16-14-29(51)20-26(42)8-11-30-32-12-13-36(43(32,2)17-15-33(30)42)53-19-5-4-18-45-28-9-6-25(7-10-28)39-38(41-47-24-48-50(41)3)40-37-31(35(52)23-46-40)21-27(44)22-34(37)49-39/h6-7,9-10,21-22,24,26,30,32-33,36,38-39,45,49H,4-5,8,11-20,23H2,1-3H3/t26-,30-,32-,33-,36-,38?,39+,42-,43-/m0/s1. The smallest absolute Gasteiger partial charge is 0.185 e. The fourth-order valence-electron chi connectivity index (χ4n) is 12.1. The number of carbonyl (C=O) groups is 2. The largest absolute Gasteiger partial charge is 0.385 e. The van der Waals surface area contributed by atoms with Gasteiger partial charge in [-0.15, -0.1) is 0 Å². The fourth-order valence-corrected chi connectivity index (χ4v) is 12.1. The Kier molecular flexibility index (Phi) is 8.82. The van der Waals surface area contributed by atoms with Gasteiger partial charge >= 0.3 is 0 Å². The zero-order chi connectivity index (χ0) is 36.5. The van der Waals surface area contributed by atoms with Crippen LogP contribution in [0.25, 0.3) is 0 Å². The van der Waals surface area contributed by atoms with E-state index in [1.54, 1.807) is 4.68 Å². The maximum absolute atomic E-state index is 14.7. The number of nitrogens with zero attached hydrogens (tertiary/aromatic N) is 4. The number of benzene rings is 2. The average Bonchev–Trinajstić information content (AvgIpc) is 3.73. The first kappa shape index (κ1) is 34.8. The maximum Gasteiger partial charge on any atom is 0.185 e. The van der Waals surface area contributed by atoms with Gasteiger partial charge in [-0.25, -0.2) is 9.37 Å². The molecular weight excluding hydrogens is 668 g/mol. The minimum absolute atomic E-state index is 0.00765. The minimum atomic E-state index is -0.443. The molecule has 3 aromatic rings. The highest BCUT2D eigenvalue weighted by Gasteiger charge is 2.60. The van der Waals surface area contributed by atoms with Gasteiger partial charge in [0.05, 0.1) is 23.8 Å². The van der Waals surface area contributed by atoms with Crippen molar-refractivity contribution in [2.45, 2.75) is 103 Å². The third-order valence-corrected chi connectivity index (χ3v) is 14.9. The molecule has 6 aliphatic rings. The van der Waals surface area contributed by atoms with Crippen molar-refractivity contribution in [2.24, 2.45) is 46.5 Å². The van der Waals surface area contributed by atoms with E-state index in [9.17, 15) is 14.0 Å². The number of nitrogens with one attached hydrogen (secondary N) is 2. The van der Waals surface area contributed by atoms with Crippen LogP contribution in [0.3, 0.4) is 0 Å². The van der Waals surface area contributed by atoms with E-state index in [0.29, 0.717) is 40.0 Å². The lowest BCUT2D eigenvalue weighted by Gasteiger charge is -2.60. The number of aromatic nitrogens is 3. The molecule has 9 rings (SSSR count). The molecule has 0 spiro atoms. The van der Waals surface area contributed by atoms with Crippen LogP contribution in [0.5, 0.6) is 0 Å². The van der Waals surface area contributed by atoms with E-state index < -0.39 is 5.82 Å². The van der Waals surface area contributed by atoms with Crippen LogP contribution in [0.1, 0.15) is 124 Å². The Morgan fingerprint density at radius 3 is 2.64 bits per heavy atom. The number of ether oxygens (including phenoxy) is 1. The van der Waals surface area contributed by atoms with Gasteiger partial charge < -0.3 is 15.4 Å². The van der Waals surface area contributed by atoms with Gasteiger partial charge in [0, 0.05) is 55.5 Å². The molecule has 10 heteroatoms. The van der Waals surface area contributed by atoms with Crippen LogP contribution in [0, 0.1) is 40.3 Å². The molecular formula is C43H53FN6O3. The van der Waals surface area contributed by atoms with Crippen molar-refractivity contribution >= 4 is 28.7 Å². The molecule has 4 saturated carbocycles. The number of aliphatic imine (C=N–C) groups is 1. The van der Waals surface area contributed by atoms with Gasteiger partial charge in [-0.1, -0.05) is 26.0 Å². The highest BCUT2D eigenvalue weighted by Crippen LogP contribution is 2.66. The Balaban J connectivity index is 0.797. The van der Waals surface area contributed by atoms with Crippen molar-refractivity contribution in [3.8, 4) is 0 Å². The van der Waals surface area contributed by atoms with E-state index in [1.165, 1.54) is 57.0 Å². The quantitative estimate of drug-likeness (QED) is 0.215. The monoisotopic (exact) mass is 720 g/mol. The van der Waals surface area contributed by atoms with Crippen LogP contribution >= 0.6 is 0 Å². The third kappa shape index (κ3) is 5.85. The molecule has 1 unspecified atom stereocenters. The lowest BCUT2D eigenvalue weighted by atomic mass is 9.45. The number of carbonyl (C=O) groups excluding carboxylic acids is 2. The molecule has 0 bridgehead atoms. The summed E-state index contributed by atoms with van der Waals surface area (Å²) in [7, 11) is 1.86. The van der Waals surface area contributed by atoms with Crippen molar-refractivity contribution < 1.29 is 18.7 Å². The maximum atomic E-state index is 14.7.